The topological polar surface area (TPSA) is 111 Å². The first-order chi connectivity index (χ1) is 12.0. The first-order valence-electron chi connectivity index (χ1n) is 7.75. The lowest BCUT2D eigenvalue weighted by molar-refractivity contribution is -0.116. The van der Waals surface area contributed by atoms with E-state index in [4.69, 9.17) is 0 Å². The van der Waals surface area contributed by atoms with Gasteiger partial charge in [-0.25, -0.2) is 5.43 Å². The van der Waals surface area contributed by atoms with Crippen LogP contribution in [0.5, 0.6) is 11.5 Å². The van der Waals surface area contributed by atoms with Gasteiger partial charge in [-0.05, 0) is 42.8 Å². The quantitative estimate of drug-likeness (QED) is 0.478. The Hall–Kier alpha value is -3.35. The third-order valence-electron chi connectivity index (χ3n) is 3.29. The first kappa shape index (κ1) is 18.0. The van der Waals surface area contributed by atoms with Crippen LogP contribution in [0.2, 0.25) is 0 Å². The van der Waals surface area contributed by atoms with E-state index < -0.39 is 5.91 Å². The van der Waals surface area contributed by atoms with Gasteiger partial charge in [0.05, 0.1) is 6.21 Å². The van der Waals surface area contributed by atoms with Crippen LogP contribution in [-0.2, 0) is 4.79 Å². The average Bonchev–Trinajstić information content (AvgIpc) is 2.57. The molecule has 0 saturated carbocycles. The molecule has 0 atom stereocenters. The number of hydrogen-bond donors (Lipinski definition) is 4. The van der Waals surface area contributed by atoms with Gasteiger partial charge in [0.2, 0.25) is 5.91 Å². The summed E-state index contributed by atoms with van der Waals surface area (Å²) < 4.78 is 0. The summed E-state index contributed by atoms with van der Waals surface area (Å²) in [7, 11) is 0. The van der Waals surface area contributed by atoms with Crippen LogP contribution in [-0.4, -0.2) is 28.2 Å². The van der Waals surface area contributed by atoms with E-state index in [0.717, 1.165) is 6.42 Å². The molecule has 0 bridgehead atoms. The molecule has 2 aromatic rings. The van der Waals surface area contributed by atoms with E-state index in [9.17, 15) is 19.8 Å². The van der Waals surface area contributed by atoms with E-state index in [1.54, 1.807) is 24.3 Å². The maximum absolute atomic E-state index is 12.0. The number of carbonyl (C=O) groups excluding carboxylic acids is 2. The van der Waals surface area contributed by atoms with Crippen LogP contribution in [0.3, 0.4) is 0 Å². The molecule has 7 heteroatoms. The predicted octanol–water partition coefficient (Wildman–Crippen LogP) is 2.60. The highest BCUT2D eigenvalue weighted by Crippen LogP contribution is 2.20. The standard InChI is InChI=1S/C18H19N3O4/c1-2-3-17(24)20-14-7-4-12(5-8-14)18(25)21-19-11-13-6-9-15(22)10-16(13)23/h4-11,22-23H,2-3H2,1H3,(H,20,24)(H,21,25). The van der Waals surface area contributed by atoms with E-state index >= 15 is 0 Å². The minimum atomic E-state index is -0.430. The van der Waals surface area contributed by atoms with Crippen LogP contribution in [0, 0.1) is 0 Å². The molecule has 0 radical (unpaired) electrons. The van der Waals surface area contributed by atoms with E-state index in [1.165, 1.54) is 24.4 Å². The van der Waals surface area contributed by atoms with Crippen molar-refractivity contribution in [3.63, 3.8) is 0 Å². The smallest absolute Gasteiger partial charge is 0.271 e. The zero-order valence-electron chi connectivity index (χ0n) is 13.7. The van der Waals surface area contributed by atoms with Crippen LogP contribution in [0.25, 0.3) is 0 Å². The van der Waals surface area contributed by atoms with Crippen molar-refractivity contribution < 1.29 is 19.8 Å². The Balaban J connectivity index is 1.94. The summed E-state index contributed by atoms with van der Waals surface area (Å²) in [5.74, 6) is -0.714. The molecule has 0 aliphatic heterocycles. The molecule has 0 aliphatic carbocycles. The number of phenols is 2. The highest BCUT2D eigenvalue weighted by atomic mass is 16.3. The Morgan fingerprint density at radius 1 is 1.12 bits per heavy atom. The van der Waals surface area contributed by atoms with Gasteiger partial charge in [0.25, 0.3) is 5.91 Å². The number of aromatic hydroxyl groups is 2. The summed E-state index contributed by atoms with van der Waals surface area (Å²) in [5.41, 5.74) is 3.69. The second-order valence-corrected chi connectivity index (χ2v) is 5.32. The molecule has 0 fully saturated rings. The van der Waals surface area contributed by atoms with Gasteiger partial charge in [-0.1, -0.05) is 6.92 Å². The fourth-order valence-corrected chi connectivity index (χ4v) is 2.02. The van der Waals surface area contributed by atoms with Gasteiger partial charge in [0.1, 0.15) is 11.5 Å². The van der Waals surface area contributed by atoms with Crippen molar-refractivity contribution in [2.75, 3.05) is 5.32 Å². The van der Waals surface area contributed by atoms with Gasteiger partial charge < -0.3 is 15.5 Å². The van der Waals surface area contributed by atoms with E-state index in [0.29, 0.717) is 23.2 Å². The zero-order valence-corrected chi connectivity index (χ0v) is 13.7. The summed E-state index contributed by atoms with van der Waals surface area (Å²) in [6.07, 6.45) is 2.48. The van der Waals surface area contributed by atoms with Crippen molar-refractivity contribution in [3.05, 3.63) is 53.6 Å². The number of nitrogens with one attached hydrogen (secondary N) is 2. The third-order valence-corrected chi connectivity index (χ3v) is 3.29. The van der Waals surface area contributed by atoms with Crippen molar-refractivity contribution in [1.82, 2.24) is 5.43 Å². The lowest BCUT2D eigenvalue weighted by Gasteiger charge is -2.05. The number of phenolic OH excluding ortho intramolecular Hbond substituents is 2. The van der Waals surface area contributed by atoms with Crippen molar-refractivity contribution in [2.45, 2.75) is 19.8 Å². The molecular weight excluding hydrogens is 322 g/mol. The largest absolute Gasteiger partial charge is 0.508 e. The summed E-state index contributed by atoms with van der Waals surface area (Å²) in [6, 6.07) is 10.5. The van der Waals surface area contributed by atoms with Crippen molar-refractivity contribution in [2.24, 2.45) is 5.10 Å². The van der Waals surface area contributed by atoms with Gasteiger partial charge in [-0.3, -0.25) is 9.59 Å². The second kappa shape index (κ2) is 8.49. The Bertz CT molecular complexity index is 785. The average molecular weight is 341 g/mol. The van der Waals surface area contributed by atoms with Crippen LogP contribution >= 0.6 is 0 Å². The summed E-state index contributed by atoms with van der Waals surface area (Å²) in [5, 5.41) is 25.3. The molecule has 0 unspecified atom stereocenters. The molecule has 7 nitrogen and oxygen atoms in total. The number of nitrogens with zero attached hydrogens (tertiary/aromatic N) is 1. The highest BCUT2D eigenvalue weighted by Gasteiger charge is 2.06. The van der Waals surface area contributed by atoms with Gasteiger partial charge in [-0.2, -0.15) is 5.10 Å². The van der Waals surface area contributed by atoms with Crippen LogP contribution in [0.15, 0.2) is 47.6 Å². The molecule has 0 spiro atoms. The molecule has 4 N–H and O–H groups in total. The monoisotopic (exact) mass is 341 g/mol. The van der Waals surface area contributed by atoms with Crippen LogP contribution in [0.1, 0.15) is 35.7 Å². The van der Waals surface area contributed by atoms with Gasteiger partial charge in [-0.15, -0.1) is 0 Å². The molecule has 2 amide bonds. The van der Waals surface area contributed by atoms with Crippen molar-refractivity contribution >= 4 is 23.7 Å². The number of carbonyl (C=O) groups is 2. The summed E-state index contributed by atoms with van der Waals surface area (Å²) >= 11 is 0. The van der Waals surface area contributed by atoms with Crippen molar-refractivity contribution in [3.8, 4) is 11.5 Å². The fourth-order valence-electron chi connectivity index (χ4n) is 2.02. The number of rotatable bonds is 6. The van der Waals surface area contributed by atoms with Crippen molar-refractivity contribution in [1.29, 1.82) is 0 Å². The maximum Gasteiger partial charge on any atom is 0.271 e. The van der Waals surface area contributed by atoms with Gasteiger partial charge >= 0.3 is 0 Å². The molecule has 25 heavy (non-hydrogen) atoms. The molecule has 0 heterocycles. The van der Waals surface area contributed by atoms with Crippen LogP contribution < -0.4 is 10.7 Å². The van der Waals surface area contributed by atoms with E-state index in [1.807, 2.05) is 6.92 Å². The highest BCUT2D eigenvalue weighted by molar-refractivity contribution is 5.96. The Kier molecular flexibility index (Phi) is 6.11. The third kappa shape index (κ3) is 5.35. The number of hydrazone groups is 1. The Morgan fingerprint density at radius 3 is 2.48 bits per heavy atom. The van der Waals surface area contributed by atoms with Gasteiger partial charge in [0, 0.05) is 29.3 Å². The van der Waals surface area contributed by atoms with E-state index in [2.05, 4.69) is 15.8 Å². The molecule has 0 aliphatic rings. The molecule has 0 saturated heterocycles. The fraction of sp³-hybridized carbons (Fsp3) is 0.167. The zero-order chi connectivity index (χ0) is 18.2. The van der Waals surface area contributed by atoms with Crippen LogP contribution in [0.4, 0.5) is 5.69 Å². The second-order valence-electron chi connectivity index (χ2n) is 5.32. The SMILES string of the molecule is CCCC(=O)Nc1ccc(C(=O)NN=Cc2ccc(O)cc2O)cc1. The first-order valence-corrected chi connectivity index (χ1v) is 7.75. The maximum atomic E-state index is 12.0. The lowest BCUT2D eigenvalue weighted by Crippen LogP contribution is -2.17. The molecule has 2 rings (SSSR count). The molecule has 0 aromatic heterocycles. The lowest BCUT2D eigenvalue weighted by atomic mass is 10.2. The minimum absolute atomic E-state index is 0.0650. The number of hydrogen-bond acceptors (Lipinski definition) is 5. The molecule has 2 aromatic carbocycles. The van der Waals surface area contributed by atoms with E-state index in [-0.39, 0.29) is 17.4 Å². The minimum Gasteiger partial charge on any atom is -0.508 e. The summed E-state index contributed by atoms with van der Waals surface area (Å²) in [4.78, 5) is 23.5. The van der Waals surface area contributed by atoms with Gasteiger partial charge in [0.15, 0.2) is 0 Å². The Labute approximate surface area is 145 Å². The molecular formula is C18H19N3O4. The number of amides is 2. The number of benzene rings is 2. The normalized spacial score (nSPS) is 10.6. The predicted molar refractivity (Wildman–Crippen MR) is 94.8 cm³/mol. The Morgan fingerprint density at radius 2 is 1.84 bits per heavy atom. The number of anilines is 1. The summed E-state index contributed by atoms with van der Waals surface area (Å²) in [6.45, 7) is 1.92. The molecule has 130 valence electrons.